The number of carbonyl (C=O) groups excluding carboxylic acids is 1. The molecule has 1 aliphatic carbocycles. The normalized spacial score (nSPS) is 24.2. The molecule has 1 aromatic heterocycles. The lowest BCUT2D eigenvalue weighted by atomic mass is 9.86. The molecule has 1 saturated carbocycles. The lowest BCUT2D eigenvalue weighted by Crippen LogP contribution is -2.40. The fourth-order valence-corrected chi connectivity index (χ4v) is 4.37. The van der Waals surface area contributed by atoms with Gasteiger partial charge in [0.25, 0.3) is 0 Å². The van der Waals surface area contributed by atoms with Crippen molar-refractivity contribution in [2.75, 3.05) is 0 Å². The fourth-order valence-electron chi connectivity index (χ4n) is 4.37. The number of rotatable bonds is 6. The van der Waals surface area contributed by atoms with E-state index in [1.807, 2.05) is 30.3 Å². The zero-order chi connectivity index (χ0) is 19.3. The molecule has 5 nitrogen and oxygen atoms in total. The Kier molecular flexibility index (Phi) is 5.91. The van der Waals surface area contributed by atoms with Crippen LogP contribution in [0.25, 0.3) is 0 Å². The second-order valence-electron chi connectivity index (χ2n) is 7.88. The van der Waals surface area contributed by atoms with Crippen LogP contribution in [-0.4, -0.2) is 28.3 Å². The van der Waals surface area contributed by atoms with Gasteiger partial charge < -0.3 is 4.74 Å². The molecule has 0 N–H and O–H groups in total. The second kappa shape index (κ2) is 8.74. The maximum Gasteiger partial charge on any atom is 0.435 e. The molecular formula is C23H28N2O3. The maximum atomic E-state index is 12.7. The van der Waals surface area contributed by atoms with Crippen LogP contribution in [0.1, 0.15) is 56.3 Å². The number of hydrogen-bond acceptors (Lipinski definition) is 4. The molecule has 0 bridgehead atoms. The molecule has 2 aliphatic rings. The highest BCUT2D eigenvalue weighted by molar-refractivity contribution is 5.70. The smallest absolute Gasteiger partial charge is 0.435 e. The van der Waals surface area contributed by atoms with E-state index in [1.165, 1.54) is 37.2 Å². The number of cyclic esters (lactones) is 1. The van der Waals surface area contributed by atoms with E-state index in [2.05, 4.69) is 24.0 Å². The highest BCUT2D eigenvalue weighted by Crippen LogP contribution is 2.36. The van der Waals surface area contributed by atoms with Gasteiger partial charge in [0.05, 0.1) is 6.10 Å². The predicted octanol–water partition coefficient (Wildman–Crippen LogP) is 5.09. The van der Waals surface area contributed by atoms with Gasteiger partial charge in [0.2, 0.25) is 0 Å². The Hall–Kier alpha value is -2.40. The van der Waals surface area contributed by atoms with Crippen molar-refractivity contribution in [3.8, 4) is 0 Å². The van der Waals surface area contributed by atoms with Crippen LogP contribution in [-0.2, 0) is 16.0 Å². The Morgan fingerprint density at radius 1 is 1.14 bits per heavy atom. The third kappa shape index (κ3) is 4.20. The molecule has 148 valence electrons. The molecule has 0 radical (unpaired) electrons. The summed E-state index contributed by atoms with van der Waals surface area (Å²) in [6.45, 7) is 2.08. The van der Waals surface area contributed by atoms with Crippen LogP contribution in [0, 0.1) is 5.92 Å². The van der Waals surface area contributed by atoms with Crippen LogP contribution >= 0.6 is 0 Å². The predicted molar refractivity (Wildman–Crippen MR) is 106 cm³/mol. The quantitative estimate of drug-likeness (QED) is 0.701. The molecule has 3 atom stereocenters. The largest absolute Gasteiger partial charge is 0.437 e. The molecular weight excluding hydrogens is 352 g/mol. The first kappa shape index (κ1) is 18.9. The summed E-state index contributed by atoms with van der Waals surface area (Å²) < 4.78 is 5.76. The summed E-state index contributed by atoms with van der Waals surface area (Å²) in [5.41, 5.74) is 2.05. The van der Waals surface area contributed by atoms with E-state index in [0.717, 1.165) is 11.1 Å². The fraction of sp³-hybridized carbons (Fsp3) is 0.478. The van der Waals surface area contributed by atoms with Crippen molar-refractivity contribution in [3.05, 3.63) is 66.0 Å². The van der Waals surface area contributed by atoms with Crippen molar-refractivity contribution in [1.29, 1.82) is 0 Å². The summed E-state index contributed by atoms with van der Waals surface area (Å²) in [7, 11) is 0. The minimum atomic E-state index is -0.405. The highest BCUT2D eigenvalue weighted by atomic mass is 16.8. The Labute approximate surface area is 166 Å². The van der Waals surface area contributed by atoms with Gasteiger partial charge >= 0.3 is 6.09 Å². The van der Waals surface area contributed by atoms with Gasteiger partial charge in [-0.2, -0.15) is 5.06 Å². The number of ether oxygens (including phenoxy) is 1. The number of benzene rings is 1. The molecule has 1 aromatic carbocycles. The molecule has 2 fully saturated rings. The summed E-state index contributed by atoms with van der Waals surface area (Å²) in [5, 5.41) is 1.49. The van der Waals surface area contributed by atoms with E-state index < -0.39 is 6.09 Å². The van der Waals surface area contributed by atoms with Gasteiger partial charge in [0, 0.05) is 18.0 Å². The first-order valence-corrected chi connectivity index (χ1v) is 10.3. The number of nitrogens with zero attached hydrogens (tertiary/aromatic N) is 2. The zero-order valence-corrected chi connectivity index (χ0v) is 16.4. The number of aromatic nitrogens is 1. The van der Waals surface area contributed by atoms with Crippen molar-refractivity contribution in [1.82, 2.24) is 10.0 Å². The van der Waals surface area contributed by atoms with E-state index in [9.17, 15) is 4.79 Å². The molecule has 28 heavy (non-hydrogen) atoms. The van der Waals surface area contributed by atoms with Crippen LogP contribution < -0.4 is 0 Å². The van der Waals surface area contributed by atoms with E-state index in [-0.39, 0.29) is 18.2 Å². The van der Waals surface area contributed by atoms with E-state index in [0.29, 0.717) is 12.3 Å². The van der Waals surface area contributed by atoms with Crippen LogP contribution in [0.4, 0.5) is 4.79 Å². The molecule has 1 aliphatic heterocycles. The molecule has 5 heteroatoms. The van der Waals surface area contributed by atoms with E-state index >= 15 is 0 Å². The Balaban J connectivity index is 1.56. The Morgan fingerprint density at radius 3 is 2.64 bits per heavy atom. The van der Waals surface area contributed by atoms with Gasteiger partial charge in [-0.1, -0.05) is 55.7 Å². The van der Waals surface area contributed by atoms with Crippen molar-refractivity contribution < 1.29 is 14.4 Å². The number of hydroxylamine groups is 2. The van der Waals surface area contributed by atoms with Crippen LogP contribution in [0.3, 0.4) is 0 Å². The summed E-state index contributed by atoms with van der Waals surface area (Å²) in [6.07, 6.45) is 9.49. The second-order valence-corrected chi connectivity index (χ2v) is 7.88. The molecule has 4 rings (SSSR count). The standard InChI is InChI=1S/C23H28N2O3/c1-17(19-11-6-3-7-12-19)28-25-21(15-18-9-4-2-5-10-18)22(27-23(25)26)20-13-8-14-24-16-20/h2,4-5,8-10,13-14,16-17,19,21-22H,3,6-7,11-12,15H2,1H3. The van der Waals surface area contributed by atoms with Gasteiger partial charge in [-0.05, 0) is 43.7 Å². The summed E-state index contributed by atoms with van der Waals surface area (Å²) in [5.74, 6) is 0.497. The lowest BCUT2D eigenvalue weighted by molar-refractivity contribution is -0.186. The van der Waals surface area contributed by atoms with Crippen LogP contribution in [0.2, 0.25) is 0 Å². The highest BCUT2D eigenvalue weighted by Gasteiger charge is 2.45. The monoisotopic (exact) mass is 380 g/mol. The topological polar surface area (TPSA) is 51.7 Å². The summed E-state index contributed by atoms with van der Waals surface area (Å²) in [6, 6.07) is 13.8. The third-order valence-electron chi connectivity index (χ3n) is 5.95. The van der Waals surface area contributed by atoms with E-state index in [4.69, 9.17) is 9.57 Å². The molecule has 1 saturated heterocycles. The third-order valence-corrected chi connectivity index (χ3v) is 5.95. The van der Waals surface area contributed by atoms with Crippen molar-refractivity contribution >= 4 is 6.09 Å². The zero-order valence-electron chi connectivity index (χ0n) is 16.4. The van der Waals surface area contributed by atoms with Crippen LogP contribution in [0.15, 0.2) is 54.9 Å². The number of carbonyl (C=O) groups is 1. The minimum absolute atomic E-state index is 0.00114. The first-order chi connectivity index (χ1) is 13.7. The Bertz CT molecular complexity index is 762. The van der Waals surface area contributed by atoms with Gasteiger partial charge in [-0.15, -0.1) is 0 Å². The SMILES string of the molecule is CC(ON1C(=O)OC(c2cccnc2)C1Cc1ccccc1)C1CCCCC1. The molecule has 2 aromatic rings. The van der Waals surface area contributed by atoms with E-state index in [1.54, 1.807) is 12.4 Å². The average Bonchev–Trinajstić information content (AvgIpc) is 3.05. The van der Waals surface area contributed by atoms with Gasteiger partial charge in [-0.25, -0.2) is 4.79 Å². The molecule has 3 unspecified atom stereocenters. The van der Waals surface area contributed by atoms with Crippen molar-refractivity contribution in [2.45, 2.75) is 63.7 Å². The van der Waals surface area contributed by atoms with Crippen molar-refractivity contribution in [3.63, 3.8) is 0 Å². The first-order valence-electron chi connectivity index (χ1n) is 10.3. The number of pyridine rings is 1. The lowest BCUT2D eigenvalue weighted by Gasteiger charge is -2.32. The van der Waals surface area contributed by atoms with Gasteiger partial charge in [-0.3, -0.25) is 9.82 Å². The molecule has 2 heterocycles. The Morgan fingerprint density at radius 2 is 1.93 bits per heavy atom. The van der Waals surface area contributed by atoms with Crippen molar-refractivity contribution in [2.24, 2.45) is 5.92 Å². The van der Waals surface area contributed by atoms with Gasteiger partial charge in [0.15, 0.2) is 6.10 Å². The van der Waals surface area contributed by atoms with Gasteiger partial charge in [0.1, 0.15) is 6.04 Å². The van der Waals surface area contributed by atoms with Crippen LogP contribution in [0.5, 0.6) is 0 Å². The summed E-state index contributed by atoms with van der Waals surface area (Å²) >= 11 is 0. The average molecular weight is 380 g/mol. The molecule has 0 spiro atoms. The number of amides is 1. The minimum Gasteiger partial charge on any atom is -0.437 e. The molecule has 1 amide bonds. The summed E-state index contributed by atoms with van der Waals surface area (Å²) in [4.78, 5) is 23.2. The number of hydrogen-bond donors (Lipinski definition) is 0. The maximum absolute atomic E-state index is 12.7.